The highest BCUT2D eigenvalue weighted by molar-refractivity contribution is 5.69. The maximum atomic E-state index is 12.3. The van der Waals surface area contributed by atoms with Gasteiger partial charge in [-0.1, -0.05) is 0 Å². The van der Waals surface area contributed by atoms with Gasteiger partial charge in [0.05, 0.1) is 19.6 Å². The molecule has 1 N–H and O–H groups in total. The molecular weight excluding hydrogens is 218 g/mol. The Kier molecular flexibility index (Phi) is 6.23. The molecule has 0 bridgehead atoms. The molecule has 0 aromatic rings. The molecule has 0 aliphatic carbocycles. The SMILES string of the molecule is CCOC(=O)CCNCC(F)(F)C(F)F. The number of nitrogens with one attached hydrogen (secondary N) is 1. The smallest absolute Gasteiger partial charge is 0.319 e. The minimum atomic E-state index is -4.06. The number of ether oxygens (including phenoxy) is 1. The van der Waals surface area contributed by atoms with Crippen molar-refractivity contribution in [3.05, 3.63) is 0 Å². The monoisotopic (exact) mass is 231 g/mol. The van der Waals surface area contributed by atoms with Crippen molar-refractivity contribution >= 4 is 5.97 Å². The third-order valence-electron chi connectivity index (χ3n) is 1.49. The van der Waals surface area contributed by atoms with Crippen LogP contribution in [0.4, 0.5) is 17.6 Å². The van der Waals surface area contributed by atoms with E-state index in [0.717, 1.165) is 0 Å². The molecule has 15 heavy (non-hydrogen) atoms. The second-order valence-electron chi connectivity index (χ2n) is 2.79. The van der Waals surface area contributed by atoms with Gasteiger partial charge in [-0.3, -0.25) is 4.79 Å². The van der Waals surface area contributed by atoms with E-state index >= 15 is 0 Å². The van der Waals surface area contributed by atoms with Gasteiger partial charge in [-0.05, 0) is 6.92 Å². The average molecular weight is 231 g/mol. The van der Waals surface area contributed by atoms with Crippen molar-refractivity contribution in [2.75, 3.05) is 19.7 Å². The molecule has 0 heterocycles. The Morgan fingerprint density at radius 3 is 2.53 bits per heavy atom. The molecule has 0 rings (SSSR count). The molecule has 90 valence electrons. The van der Waals surface area contributed by atoms with Gasteiger partial charge < -0.3 is 10.1 Å². The standard InChI is InChI=1S/C8H13F4NO2/c1-2-15-6(14)3-4-13-5-8(11,12)7(9)10/h7,13H,2-5H2,1H3. The van der Waals surface area contributed by atoms with Gasteiger partial charge >= 0.3 is 18.3 Å². The van der Waals surface area contributed by atoms with E-state index in [4.69, 9.17) is 0 Å². The summed E-state index contributed by atoms with van der Waals surface area (Å²) >= 11 is 0. The Bertz CT molecular complexity index is 199. The molecule has 0 fully saturated rings. The zero-order chi connectivity index (χ0) is 11.9. The van der Waals surface area contributed by atoms with Crippen LogP contribution < -0.4 is 5.32 Å². The van der Waals surface area contributed by atoms with E-state index in [1.165, 1.54) is 0 Å². The Morgan fingerprint density at radius 2 is 2.07 bits per heavy atom. The summed E-state index contributed by atoms with van der Waals surface area (Å²) in [5.74, 6) is -4.61. The number of carbonyl (C=O) groups is 1. The average Bonchev–Trinajstić information content (AvgIpc) is 2.13. The first kappa shape index (κ1) is 14.2. The van der Waals surface area contributed by atoms with Gasteiger partial charge in [0.2, 0.25) is 0 Å². The van der Waals surface area contributed by atoms with Crippen LogP contribution >= 0.6 is 0 Å². The summed E-state index contributed by atoms with van der Waals surface area (Å²) in [6, 6.07) is 0. The number of carbonyl (C=O) groups excluding carboxylic acids is 1. The minimum absolute atomic E-state index is 0.110. The van der Waals surface area contributed by atoms with Crippen molar-refractivity contribution in [2.24, 2.45) is 0 Å². The first-order valence-electron chi connectivity index (χ1n) is 4.42. The van der Waals surface area contributed by atoms with Crippen molar-refractivity contribution in [2.45, 2.75) is 25.7 Å². The quantitative estimate of drug-likeness (QED) is 0.409. The lowest BCUT2D eigenvalue weighted by Gasteiger charge is -2.15. The first-order chi connectivity index (χ1) is 6.90. The molecule has 0 radical (unpaired) electrons. The van der Waals surface area contributed by atoms with Crippen LogP contribution in [0.5, 0.6) is 0 Å². The molecule has 3 nitrogen and oxygen atoms in total. The maximum Gasteiger partial charge on any atom is 0.319 e. The minimum Gasteiger partial charge on any atom is -0.466 e. The van der Waals surface area contributed by atoms with E-state index in [-0.39, 0.29) is 19.6 Å². The fraction of sp³-hybridized carbons (Fsp3) is 0.875. The third-order valence-corrected chi connectivity index (χ3v) is 1.49. The lowest BCUT2D eigenvalue weighted by atomic mass is 10.3. The molecule has 0 aliphatic heterocycles. The molecule has 0 atom stereocenters. The highest BCUT2D eigenvalue weighted by Crippen LogP contribution is 2.21. The summed E-state index contributed by atoms with van der Waals surface area (Å²) in [6.07, 6.45) is -3.82. The van der Waals surface area contributed by atoms with Gasteiger partial charge in [0.1, 0.15) is 0 Å². The highest BCUT2D eigenvalue weighted by Gasteiger charge is 2.39. The molecule has 0 aromatic heterocycles. The van der Waals surface area contributed by atoms with Crippen LogP contribution in [0, 0.1) is 0 Å². The van der Waals surface area contributed by atoms with Gasteiger partial charge in [-0.25, -0.2) is 8.78 Å². The second kappa shape index (κ2) is 6.60. The van der Waals surface area contributed by atoms with Crippen LogP contribution in [-0.4, -0.2) is 38.0 Å². The van der Waals surface area contributed by atoms with Crippen molar-refractivity contribution in [1.29, 1.82) is 0 Å². The van der Waals surface area contributed by atoms with E-state index in [1.54, 1.807) is 6.92 Å². The summed E-state index contributed by atoms with van der Waals surface area (Å²) in [4.78, 5) is 10.7. The zero-order valence-corrected chi connectivity index (χ0v) is 8.23. The largest absolute Gasteiger partial charge is 0.466 e. The van der Waals surface area contributed by atoms with Crippen LogP contribution in [0.15, 0.2) is 0 Å². The van der Waals surface area contributed by atoms with E-state index < -0.39 is 24.9 Å². The number of halogens is 4. The number of hydrogen-bond donors (Lipinski definition) is 1. The van der Waals surface area contributed by atoms with Crippen LogP contribution in [0.1, 0.15) is 13.3 Å². The molecule has 0 saturated carbocycles. The van der Waals surface area contributed by atoms with Crippen molar-refractivity contribution in [3.8, 4) is 0 Å². The molecule has 0 unspecified atom stereocenters. The van der Waals surface area contributed by atoms with E-state index in [1.807, 2.05) is 0 Å². The van der Waals surface area contributed by atoms with Crippen LogP contribution in [0.2, 0.25) is 0 Å². The van der Waals surface area contributed by atoms with E-state index in [2.05, 4.69) is 10.1 Å². The molecule has 0 aromatic carbocycles. The summed E-state index contributed by atoms with van der Waals surface area (Å²) in [7, 11) is 0. The predicted molar refractivity (Wildman–Crippen MR) is 45.1 cm³/mol. The third kappa shape index (κ3) is 6.27. The summed E-state index contributed by atoms with van der Waals surface area (Å²) in [6.45, 7) is 0.549. The molecule has 0 saturated heterocycles. The molecule has 0 aliphatic rings. The molecular formula is C8H13F4NO2. The normalized spacial score (nSPS) is 11.9. The lowest BCUT2D eigenvalue weighted by Crippen LogP contribution is -2.39. The molecule has 0 spiro atoms. The Morgan fingerprint density at radius 1 is 1.47 bits per heavy atom. The lowest BCUT2D eigenvalue weighted by molar-refractivity contribution is -0.143. The summed E-state index contributed by atoms with van der Waals surface area (Å²) in [5.41, 5.74) is 0. The summed E-state index contributed by atoms with van der Waals surface area (Å²) in [5, 5.41) is 2.07. The second-order valence-corrected chi connectivity index (χ2v) is 2.79. The van der Waals surface area contributed by atoms with Gasteiger partial charge in [0, 0.05) is 6.54 Å². The van der Waals surface area contributed by atoms with E-state index in [0.29, 0.717) is 0 Å². The molecule has 0 amide bonds. The zero-order valence-electron chi connectivity index (χ0n) is 8.23. The fourth-order valence-corrected chi connectivity index (χ4v) is 0.756. The van der Waals surface area contributed by atoms with Crippen LogP contribution in [0.25, 0.3) is 0 Å². The number of esters is 1. The van der Waals surface area contributed by atoms with E-state index in [9.17, 15) is 22.4 Å². The predicted octanol–water partition coefficient (Wildman–Crippen LogP) is 1.43. The Labute approximate surface area is 84.8 Å². The Balaban J connectivity index is 3.58. The van der Waals surface area contributed by atoms with Gasteiger partial charge in [0.15, 0.2) is 0 Å². The van der Waals surface area contributed by atoms with Crippen LogP contribution in [-0.2, 0) is 9.53 Å². The van der Waals surface area contributed by atoms with Crippen molar-refractivity contribution in [1.82, 2.24) is 5.32 Å². The van der Waals surface area contributed by atoms with Crippen LogP contribution in [0.3, 0.4) is 0 Å². The van der Waals surface area contributed by atoms with Crippen molar-refractivity contribution in [3.63, 3.8) is 0 Å². The van der Waals surface area contributed by atoms with Gasteiger partial charge in [-0.15, -0.1) is 0 Å². The molecule has 7 heteroatoms. The highest BCUT2D eigenvalue weighted by atomic mass is 19.3. The summed E-state index contributed by atoms with van der Waals surface area (Å²) < 4.78 is 52.4. The van der Waals surface area contributed by atoms with Crippen molar-refractivity contribution < 1.29 is 27.1 Å². The Hall–Kier alpha value is -0.850. The fourth-order valence-electron chi connectivity index (χ4n) is 0.756. The number of alkyl halides is 4. The number of rotatable bonds is 7. The van der Waals surface area contributed by atoms with Gasteiger partial charge in [0.25, 0.3) is 0 Å². The maximum absolute atomic E-state index is 12.3. The first-order valence-corrected chi connectivity index (χ1v) is 4.42. The van der Waals surface area contributed by atoms with Gasteiger partial charge in [-0.2, -0.15) is 8.78 Å². The number of hydrogen-bond acceptors (Lipinski definition) is 3. The topological polar surface area (TPSA) is 38.3 Å².